The Bertz CT molecular complexity index is 1150. The van der Waals surface area contributed by atoms with Gasteiger partial charge in [-0.2, -0.15) is 0 Å². The summed E-state index contributed by atoms with van der Waals surface area (Å²) in [5, 5.41) is 0.493. The number of carbonyl (C=O) groups excluding carboxylic acids is 1. The third-order valence-electron chi connectivity index (χ3n) is 6.91. The van der Waals surface area contributed by atoms with Crippen molar-refractivity contribution in [2.24, 2.45) is 17.8 Å². The average Bonchev–Trinajstić information content (AvgIpc) is 3.26. The van der Waals surface area contributed by atoms with Crippen LogP contribution in [0.3, 0.4) is 0 Å². The van der Waals surface area contributed by atoms with E-state index in [2.05, 4.69) is 14.9 Å². The summed E-state index contributed by atoms with van der Waals surface area (Å²) in [6.07, 6.45) is 5.04. The fraction of sp³-hybridized carbons (Fsp3) is 0.500. The molecule has 2 aromatic rings. The van der Waals surface area contributed by atoms with Gasteiger partial charge in [0.05, 0.1) is 24.0 Å². The molecule has 1 aliphatic carbocycles. The van der Waals surface area contributed by atoms with Gasteiger partial charge in [0.15, 0.2) is 17.4 Å². The highest BCUT2D eigenvalue weighted by Gasteiger charge is 2.56. The number of hydrogen-bond acceptors (Lipinski definition) is 6. The van der Waals surface area contributed by atoms with Crippen LogP contribution in [0.25, 0.3) is 5.57 Å². The van der Waals surface area contributed by atoms with Crippen LogP contribution in [-0.4, -0.2) is 59.3 Å². The molecule has 2 fully saturated rings. The van der Waals surface area contributed by atoms with Gasteiger partial charge in [0.2, 0.25) is 5.95 Å². The zero-order valence-corrected chi connectivity index (χ0v) is 21.3. The van der Waals surface area contributed by atoms with Crippen molar-refractivity contribution in [1.82, 2.24) is 14.9 Å². The first-order valence-electron chi connectivity index (χ1n) is 12.1. The molecule has 1 unspecified atom stereocenters. The minimum atomic E-state index is -0.720. The number of ether oxygens (including phenoxy) is 2. The molecule has 1 amide bonds. The number of anilines is 1. The molecule has 1 saturated carbocycles. The summed E-state index contributed by atoms with van der Waals surface area (Å²) in [5.41, 5.74) is 0.677. The molecule has 1 aromatic heterocycles. The van der Waals surface area contributed by atoms with Crippen LogP contribution in [0.1, 0.15) is 32.8 Å². The van der Waals surface area contributed by atoms with Crippen LogP contribution in [0.4, 0.5) is 19.5 Å². The van der Waals surface area contributed by atoms with Crippen molar-refractivity contribution in [1.29, 1.82) is 0 Å². The molecule has 0 spiro atoms. The Kier molecular flexibility index (Phi) is 6.53. The van der Waals surface area contributed by atoms with Crippen LogP contribution in [0.2, 0.25) is 5.02 Å². The van der Waals surface area contributed by atoms with Crippen LogP contribution >= 0.6 is 11.6 Å². The van der Waals surface area contributed by atoms with Crippen molar-refractivity contribution < 1.29 is 23.0 Å². The molecule has 0 radical (unpaired) electrons. The topological polar surface area (TPSA) is 67.8 Å². The lowest BCUT2D eigenvalue weighted by atomic mass is 9.99. The van der Waals surface area contributed by atoms with Crippen molar-refractivity contribution in [2.75, 3.05) is 37.7 Å². The number of rotatable bonds is 5. The predicted molar refractivity (Wildman–Crippen MR) is 132 cm³/mol. The van der Waals surface area contributed by atoms with Crippen LogP contribution in [0.5, 0.6) is 5.75 Å². The van der Waals surface area contributed by atoms with Gasteiger partial charge in [-0.05, 0) is 62.3 Å². The number of aromatic nitrogens is 2. The van der Waals surface area contributed by atoms with E-state index >= 15 is 0 Å². The Hall–Kier alpha value is -2.94. The second-order valence-corrected chi connectivity index (χ2v) is 11.0. The lowest BCUT2D eigenvalue weighted by Crippen LogP contribution is -2.39. The van der Waals surface area contributed by atoms with E-state index in [1.165, 1.54) is 12.1 Å². The van der Waals surface area contributed by atoms with Gasteiger partial charge in [0, 0.05) is 32.1 Å². The molecule has 1 saturated heterocycles. The molecule has 10 heteroatoms. The lowest BCUT2D eigenvalue weighted by Gasteiger charge is -2.29. The molecule has 0 N–H and O–H groups in total. The van der Waals surface area contributed by atoms with E-state index in [-0.39, 0.29) is 18.3 Å². The summed E-state index contributed by atoms with van der Waals surface area (Å²) in [5.74, 6) is -0.0829. The molecule has 1 aromatic carbocycles. The monoisotopic (exact) mass is 518 g/mol. The van der Waals surface area contributed by atoms with Gasteiger partial charge in [-0.15, -0.1) is 0 Å². The fourth-order valence-corrected chi connectivity index (χ4v) is 5.11. The first-order chi connectivity index (χ1) is 17.1. The quantitative estimate of drug-likeness (QED) is 0.542. The maximum atomic E-state index is 14.8. The molecule has 5 rings (SSSR count). The lowest BCUT2D eigenvalue weighted by molar-refractivity contribution is 0.0270. The van der Waals surface area contributed by atoms with Crippen LogP contribution in [-0.2, 0) is 4.74 Å². The summed E-state index contributed by atoms with van der Waals surface area (Å²) in [4.78, 5) is 24.4. The van der Waals surface area contributed by atoms with Crippen molar-refractivity contribution in [3.05, 3.63) is 52.8 Å². The van der Waals surface area contributed by atoms with Gasteiger partial charge in [-0.25, -0.2) is 23.5 Å². The molecule has 2 aliphatic heterocycles. The molecule has 3 aliphatic rings. The number of carbonyl (C=O) groups is 1. The van der Waals surface area contributed by atoms with Gasteiger partial charge in [0.25, 0.3) is 0 Å². The zero-order chi connectivity index (χ0) is 25.6. The van der Waals surface area contributed by atoms with E-state index in [9.17, 15) is 13.6 Å². The predicted octanol–water partition coefficient (Wildman–Crippen LogP) is 5.19. The van der Waals surface area contributed by atoms with E-state index < -0.39 is 23.3 Å². The van der Waals surface area contributed by atoms with Gasteiger partial charge < -0.3 is 19.3 Å². The highest BCUT2D eigenvalue weighted by molar-refractivity contribution is 6.30. The average molecular weight is 519 g/mol. The summed E-state index contributed by atoms with van der Waals surface area (Å²) >= 11 is 5.85. The summed E-state index contributed by atoms with van der Waals surface area (Å²) in [6, 6.07) is 2.61. The molecular formula is C26H29ClF2N4O3. The van der Waals surface area contributed by atoms with Crippen molar-refractivity contribution >= 4 is 29.2 Å². The van der Waals surface area contributed by atoms with E-state index in [0.29, 0.717) is 47.9 Å². The standard InChI is InChI=1S/C26H29ClF2N4O3/c1-26(2,3)36-25(34)32-6-4-15(5-7-32)16-8-21(28)23(22(29)9-16)35-14-20-18-12-33(13-19(18)20)24-30-10-17(27)11-31-24/h4,8-11,18-20H,5-7,12-14H2,1-3H3/t18-,19+,20?. The minimum absolute atomic E-state index is 0.256. The van der Waals surface area contributed by atoms with Gasteiger partial charge in [-0.1, -0.05) is 17.7 Å². The normalized spacial score (nSPS) is 23.3. The van der Waals surface area contributed by atoms with Crippen LogP contribution in [0, 0.1) is 29.4 Å². The molecule has 36 heavy (non-hydrogen) atoms. The van der Waals surface area contributed by atoms with Gasteiger partial charge in [-0.3, -0.25) is 0 Å². The number of piperidine rings is 1. The molecule has 192 valence electrons. The molecular weight excluding hydrogens is 490 g/mol. The maximum absolute atomic E-state index is 14.8. The molecule has 3 atom stereocenters. The summed E-state index contributed by atoms with van der Waals surface area (Å²) in [7, 11) is 0. The molecule has 3 heterocycles. The Morgan fingerprint density at radius 2 is 1.78 bits per heavy atom. The maximum Gasteiger partial charge on any atom is 0.410 e. The zero-order valence-electron chi connectivity index (χ0n) is 20.5. The van der Waals surface area contributed by atoms with Gasteiger partial charge >= 0.3 is 6.09 Å². The summed E-state index contributed by atoms with van der Waals surface area (Å²) < 4.78 is 40.6. The molecule has 0 bridgehead atoms. The largest absolute Gasteiger partial charge is 0.487 e. The second kappa shape index (κ2) is 9.50. The van der Waals surface area contributed by atoms with E-state index in [0.717, 1.165) is 18.7 Å². The van der Waals surface area contributed by atoms with E-state index in [1.807, 2.05) is 26.8 Å². The SMILES string of the molecule is CC(C)(C)OC(=O)N1CC=C(c2cc(F)c(OCC3[C@H]4CN(c5ncc(Cl)cn5)C[C@@H]34)c(F)c2)CC1. The third-order valence-corrected chi connectivity index (χ3v) is 7.11. The third kappa shape index (κ3) is 5.26. The smallest absolute Gasteiger partial charge is 0.410 e. The number of nitrogens with zero attached hydrogens (tertiary/aromatic N) is 4. The second-order valence-electron chi connectivity index (χ2n) is 10.6. The van der Waals surface area contributed by atoms with E-state index in [1.54, 1.807) is 17.3 Å². The summed E-state index contributed by atoms with van der Waals surface area (Å²) in [6.45, 7) is 8.03. The fourth-order valence-electron chi connectivity index (χ4n) is 5.02. The number of hydrogen-bond donors (Lipinski definition) is 0. The Balaban J connectivity index is 1.15. The van der Waals surface area contributed by atoms with E-state index in [4.69, 9.17) is 21.1 Å². The molecule has 7 nitrogen and oxygen atoms in total. The van der Waals surface area contributed by atoms with Crippen molar-refractivity contribution in [3.63, 3.8) is 0 Å². The van der Waals surface area contributed by atoms with Gasteiger partial charge in [0.1, 0.15) is 5.60 Å². The number of amides is 1. The number of fused-ring (bicyclic) bond motifs is 1. The Labute approximate surface area is 214 Å². The number of benzene rings is 1. The van der Waals surface area contributed by atoms with Crippen LogP contribution in [0.15, 0.2) is 30.6 Å². The van der Waals surface area contributed by atoms with Crippen molar-refractivity contribution in [3.8, 4) is 5.75 Å². The highest BCUT2D eigenvalue weighted by atomic mass is 35.5. The van der Waals surface area contributed by atoms with Crippen molar-refractivity contribution in [2.45, 2.75) is 32.8 Å². The minimum Gasteiger partial charge on any atom is -0.487 e. The van der Waals surface area contributed by atoms with Crippen LogP contribution < -0.4 is 9.64 Å². The Morgan fingerprint density at radius 1 is 1.14 bits per heavy atom. The Morgan fingerprint density at radius 3 is 2.33 bits per heavy atom. The first-order valence-corrected chi connectivity index (χ1v) is 12.5. The first kappa shape index (κ1) is 24.7. The number of halogens is 3. The highest BCUT2D eigenvalue weighted by Crippen LogP contribution is 2.52.